The summed E-state index contributed by atoms with van der Waals surface area (Å²) >= 11 is 0. The predicted molar refractivity (Wildman–Crippen MR) is 100 cm³/mol. The highest BCUT2D eigenvalue weighted by molar-refractivity contribution is 5.88. The topological polar surface area (TPSA) is 115 Å². The molecule has 1 heterocycles. The van der Waals surface area contributed by atoms with Crippen LogP contribution in [-0.2, 0) is 25.7 Å². The molecule has 8 nitrogen and oxygen atoms in total. The zero-order valence-electron chi connectivity index (χ0n) is 16.7. The van der Waals surface area contributed by atoms with E-state index >= 15 is 0 Å². The second-order valence-electron chi connectivity index (χ2n) is 7.57. The fraction of sp³-hybridized carbons (Fsp3) is 0.500. The summed E-state index contributed by atoms with van der Waals surface area (Å²) in [5.41, 5.74) is -0.0457. The minimum atomic E-state index is -1.36. The van der Waals surface area contributed by atoms with Crippen LogP contribution < -0.4 is 0 Å². The van der Waals surface area contributed by atoms with Gasteiger partial charge in [-0.1, -0.05) is 26.0 Å². The van der Waals surface area contributed by atoms with Crippen molar-refractivity contribution >= 4 is 23.8 Å². The fourth-order valence-corrected chi connectivity index (χ4v) is 3.66. The molecule has 0 spiro atoms. The van der Waals surface area contributed by atoms with Gasteiger partial charge in [0.2, 0.25) is 11.8 Å². The summed E-state index contributed by atoms with van der Waals surface area (Å²) in [6.07, 6.45) is 0.0502. The third-order valence-electron chi connectivity index (χ3n) is 5.08. The van der Waals surface area contributed by atoms with Crippen LogP contribution in [0.25, 0.3) is 0 Å². The number of hydrogen-bond donors (Lipinski definition) is 2. The number of carboxylic acid groups (broad SMARTS) is 2. The first-order chi connectivity index (χ1) is 14.0. The fourth-order valence-electron chi connectivity index (χ4n) is 3.66. The maximum atomic E-state index is 14.0. The van der Waals surface area contributed by atoms with E-state index in [1.807, 2.05) is 0 Å². The van der Waals surface area contributed by atoms with Gasteiger partial charge in [-0.05, 0) is 18.4 Å². The van der Waals surface area contributed by atoms with Gasteiger partial charge in [0, 0.05) is 31.0 Å². The largest absolute Gasteiger partial charge is 0.480 e. The SMILES string of the molecule is CC(C)[C@@H](C(=O)O)N(CC(=O)O)C(=O)C[C@@H]1CCC(=O)N1Cc1cccc(F)c1F. The molecule has 0 saturated carbocycles. The normalized spacial score (nSPS) is 17.3. The molecular formula is C20H24F2N2O6. The Kier molecular flexibility index (Phi) is 7.47. The van der Waals surface area contributed by atoms with E-state index < -0.39 is 54.0 Å². The van der Waals surface area contributed by atoms with Crippen molar-refractivity contribution in [3.05, 3.63) is 35.4 Å². The molecule has 2 rings (SSSR count). The number of carbonyl (C=O) groups is 4. The summed E-state index contributed by atoms with van der Waals surface area (Å²) in [6, 6.07) is 1.57. The van der Waals surface area contributed by atoms with Crippen molar-refractivity contribution in [2.24, 2.45) is 5.92 Å². The van der Waals surface area contributed by atoms with Crippen LogP contribution in [0.15, 0.2) is 18.2 Å². The van der Waals surface area contributed by atoms with Crippen LogP contribution in [0.4, 0.5) is 8.78 Å². The second kappa shape index (κ2) is 9.64. The zero-order chi connectivity index (χ0) is 22.6. The molecular weight excluding hydrogens is 402 g/mol. The highest BCUT2D eigenvalue weighted by atomic mass is 19.2. The monoisotopic (exact) mass is 426 g/mol. The third-order valence-corrected chi connectivity index (χ3v) is 5.08. The summed E-state index contributed by atoms with van der Waals surface area (Å²) in [5.74, 6) is -6.46. The number of benzene rings is 1. The van der Waals surface area contributed by atoms with Crippen LogP contribution in [0.5, 0.6) is 0 Å². The molecule has 1 saturated heterocycles. The first-order valence-electron chi connectivity index (χ1n) is 9.49. The van der Waals surface area contributed by atoms with E-state index in [0.29, 0.717) is 0 Å². The van der Waals surface area contributed by atoms with Crippen molar-refractivity contribution in [1.29, 1.82) is 0 Å². The number of aliphatic carboxylic acids is 2. The molecule has 0 aromatic heterocycles. The Labute approximate surface area is 172 Å². The van der Waals surface area contributed by atoms with Crippen LogP contribution >= 0.6 is 0 Å². The van der Waals surface area contributed by atoms with Crippen molar-refractivity contribution in [3.8, 4) is 0 Å². The number of amides is 2. The quantitative estimate of drug-likeness (QED) is 0.623. The molecule has 10 heteroatoms. The lowest BCUT2D eigenvalue weighted by atomic mass is 10.0. The molecule has 2 amide bonds. The van der Waals surface area contributed by atoms with Crippen LogP contribution in [0.2, 0.25) is 0 Å². The third kappa shape index (κ3) is 5.31. The van der Waals surface area contributed by atoms with Gasteiger partial charge in [0.05, 0.1) is 0 Å². The minimum Gasteiger partial charge on any atom is -0.480 e. The van der Waals surface area contributed by atoms with Gasteiger partial charge in [0.15, 0.2) is 11.6 Å². The first-order valence-corrected chi connectivity index (χ1v) is 9.49. The Hall–Kier alpha value is -3.04. The molecule has 1 aromatic rings. The predicted octanol–water partition coefficient (Wildman–Crippen LogP) is 1.87. The van der Waals surface area contributed by atoms with Gasteiger partial charge in [0.25, 0.3) is 0 Å². The highest BCUT2D eigenvalue weighted by Crippen LogP contribution is 2.26. The molecule has 1 aromatic carbocycles. The number of carboxylic acids is 2. The van der Waals surface area contributed by atoms with E-state index in [1.165, 1.54) is 17.0 Å². The van der Waals surface area contributed by atoms with E-state index in [0.717, 1.165) is 11.0 Å². The zero-order valence-corrected chi connectivity index (χ0v) is 16.7. The average Bonchev–Trinajstić information content (AvgIpc) is 2.97. The number of halogens is 2. The van der Waals surface area contributed by atoms with E-state index in [4.69, 9.17) is 5.11 Å². The van der Waals surface area contributed by atoms with E-state index in [9.17, 15) is 33.1 Å². The van der Waals surface area contributed by atoms with Crippen molar-refractivity contribution in [1.82, 2.24) is 9.80 Å². The summed E-state index contributed by atoms with van der Waals surface area (Å²) in [7, 11) is 0. The Morgan fingerprint density at radius 3 is 2.47 bits per heavy atom. The van der Waals surface area contributed by atoms with E-state index in [1.54, 1.807) is 13.8 Å². The Bertz CT molecular complexity index is 845. The lowest BCUT2D eigenvalue weighted by Gasteiger charge is -2.32. The Balaban J connectivity index is 2.22. The first kappa shape index (κ1) is 23.2. The molecule has 30 heavy (non-hydrogen) atoms. The van der Waals surface area contributed by atoms with Crippen molar-refractivity contribution in [3.63, 3.8) is 0 Å². The molecule has 2 N–H and O–H groups in total. The van der Waals surface area contributed by atoms with E-state index in [2.05, 4.69) is 0 Å². The Morgan fingerprint density at radius 1 is 1.23 bits per heavy atom. The van der Waals surface area contributed by atoms with Gasteiger partial charge in [-0.15, -0.1) is 0 Å². The van der Waals surface area contributed by atoms with Crippen molar-refractivity contribution in [2.45, 2.75) is 51.7 Å². The van der Waals surface area contributed by atoms with Gasteiger partial charge in [0.1, 0.15) is 12.6 Å². The molecule has 1 aliphatic rings. The van der Waals surface area contributed by atoms with Gasteiger partial charge < -0.3 is 20.0 Å². The Morgan fingerprint density at radius 2 is 1.90 bits per heavy atom. The van der Waals surface area contributed by atoms with Gasteiger partial charge >= 0.3 is 11.9 Å². The minimum absolute atomic E-state index is 0.0457. The van der Waals surface area contributed by atoms with Crippen LogP contribution in [0.1, 0.15) is 38.7 Å². The molecule has 0 unspecified atom stereocenters. The number of rotatable bonds is 9. The van der Waals surface area contributed by atoms with Gasteiger partial charge in [-0.25, -0.2) is 13.6 Å². The smallest absolute Gasteiger partial charge is 0.326 e. The van der Waals surface area contributed by atoms with Crippen LogP contribution in [0.3, 0.4) is 0 Å². The second-order valence-corrected chi connectivity index (χ2v) is 7.57. The molecule has 1 aliphatic heterocycles. The summed E-state index contributed by atoms with van der Waals surface area (Å²) in [5, 5.41) is 18.6. The summed E-state index contributed by atoms with van der Waals surface area (Å²) in [6.45, 7) is 2.07. The van der Waals surface area contributed by atoms with Gasteiger partial charge in [-0.3, -0.25) is 14.4 Å². The molecule has 164 valence electrons. The maximum absolute atomic E-state index is 14.0. The standard InChI is InChI=1S/C20H24F2N2O6/c1-11(2)19(20(29)30)24(10-17(27)28)16(26)8-13-6-7-15(25)23(13)9-12-4-3-5-14(21)18(12)22/h3-5,11,13,19H,6-10H2,1-2H3,(H,27,28)(H,29,30)/t13-,19-/m0/s1. The lowest BCUT2D eigenvalue weighted by Crippen LogP contribution is -2.51. The number of likely N-dealkylation sites (tertiary alicyclic amines) is 1. The number of hydrogen-bond acceptors (Lipinski definition) is 4. The van der Waals surface area contributed by atoms with Crippen molar-refractivity contribution < 1.29 is 38.2 Å². The summed E-state index contributed by atoms with van der Waals surface area (Å²) < 4.78 is 27.5. The summed E-state index contributed by atoms with van der Waals surface area (Å²) in [4.78, 5) is 49.9. The van der Waals surface area contributed by atoms with E-state index in [-0.39, 0.29) is 37.3 Å². The maximum Gasteiger partial charge on any atom is 0.326 e. The van der Waals surface area contributed by atoms with Crippen LogP contribution in [-0.4, -0.2) is 62.4 Å². The molecule has 0 bridgehead atoms. The molecule has 0 aliphatic carbocycles. The van der Waals surface area contributed by atoms with Crippen LogP contribution in [0, 0.1) is 17.6 Å². The lowest BCUT2D eigenvalue weighted by molar-refractivity contribution is -0.156. The molecule has 1 fully saturated rings. The molecule has 0 radical (unpaired) electrons. The number of nitrogens with zero attached hydrogens (tertiary/aromatic N) is 2. The molecule has 2 atom stereocenters. The average molecular weight is 426 g/mol. The van der Waals surface area contributed by atoms with Crippen molar-refractivity contribution in [2.75, 3.05) is 6.54 Å². The highest BCUT2D eigenvalue weighted by Gasteiger charge is 2.38. The van der Waals surface area contributed by atoms with Gasteiger partial charge in [-0.2, -0.15) is 0 Å². The number of carbonyl (C=O) groups excluding carboxylic acids is 2.